The lowest BCUT2D eigenvalue weighted by atomic mass is 10.1. The van der Waals surface area contributed by atoms with Crippen molar-refractivity contribution in [2.45, 2.75) is 13.5 Å². The van der Waals surface area contributed by atoms with Gasteiger partial charge in [0.2, 0.25) is 0 Å². The van der Waals surface area contributed by atoms with Gasteiger partial charge in [-0.25, -0.2) is 4.79 Å². The third kappa shape index (κ3) is 4.09. The zero-order valence-corrected chi connectivity index (χ0v) is 16.0. The summed E-state index contributed by atoms with van der Waals surface area (Å²) in [4.78, 5) is 13.1. The van der Waals surface area contributed by atoms with Gasteiger partial charge in [-0.05, 0) is 30.8 Å². The van der Waals surface area contributed by atoms with Gasteiger partial charge < -0.3 is 15.4 Å². The normalized spacial score (nSPS) is 10.4. The van der Waals surface area contributed by atoms with Crippen LogP contribution in [0.1, 0.15) is 17.3 Å². The van der Waals surface area contributed by atoms with Crippen molar-refractivity contribution in [2.75, 3.05) is 17.7 Å². The van der Waals surface area contributed by atoms with Crippen LogP contribution >= 0.6 is 23.6 Å². The molecule has 0 aliphatic carbocycles. The number of esters is 1. The molecule has 0 atom stereocenters. The van der Waals surface area contributed by atoms with Gasteiger partial charge in [0.1, 0.15) is 5.00 Å². The second kappa shape index (κ2) is 8.11. The van der Waals surface area contributed by atoms with Crippen molar-refractivity contribution in [1.82, 2.24) is 9.78 Å². The second-order valence-electron chi connectivity index (χ2n) is 5.35. The number of nitrogens with one attached hydrogen (secondary N) is 2. The molecular formula is C18H18N4O2S2. The highest BCUT2D eigenvalue weighted by atomic mass is 32.1. The third-order valence-electron chi connectivity index (χ3n) is 3.63. The number of rotatable bonds is 5. The van der Waals surface area contributed by atoms with Gasteiger partial charge in [0.05, 0.1) is 12.7 Å². The zero-order valence-electron chi connectivity index (χ0n) is 14.4. The fourth-order valence-corrected chi connectivity index (χ4v) is 3.67. The van der Waals surface area contributed by atoms with Crippen LogP contribution in [0.3, 0.4) is 0 Å². The maximum atomic E-state index is 12.1. The van der Waals surface area contributed by atoms with E-state index in [-0.39, 0.29) is 0 Å². The molecule has 26 heavy (non-hydrogen) atoms. The van der Waals surface area contributed by atoms with Gasteiger partial charge in [-0.3, -0.25) is 4.68 Å². The summed E-state index contributed by atoms with van der Waals surface area (Å²) in [6, 6.07) is 13.5. The second-order valence-corrected chi connectivity index (χ2v) is 6.81. The molecule has 0 amide bonds. The van der Waals surface area contributed by atoms with Crippen molar-refractivity contribution in [3.8, 4) is 10.4 Å². The molecule has 0 aliphatic heterocycles. The highest BCUT2D eigenvalue weighted by Crippen LogP contribution is 2.35. The summed E-state index contributed by atoms with van der Waals surface area (Å²) in [6.45, 7) is 2.78. The van der Waals surface area contributed by atoms with Gasteiger partial charge in [0.15, 0.2) is 10.9 Å². The summed E-state index contributed by atoms with van der Waals surface area (Å²) in [5.41, 5.74) is 1.47. The van der Waals surface area contributed by atoms with Crippen molar-refractivity contribution < 1.29 is 9.53 Å². The third-order valence-corrected chi connectivity index (χ3v) is 4.93. The molecular weight excluding hydrogens is 368 g/mol. The average molecular weight is 387 g/mol. The predicted molar refractivity (Wildman–Crippen MR) is 109 cm³/mol. The van der Waals surface area contributed by atoms with Gasteiger partial charge in [-0.15, -0.1) is 11.3 Å². The topological polar surface area (TPSA) is 68.2 Å². The van der Waals surface area contributed by atoms with E-state index in [9.17, 15) is 4.79 Å². The van der Waals surface area contributed by atoms with Gasteiger partial charge in [0, 0.05) is 23.7 Å². The molecule has 0 spiro atoms. The SMILES string of the molecule is CCn1ccc(NC(=S)Nc2sc(-c3ccccc3)cc2C(=O)OC)n1. The fourth-order valence-electron chi connectivity index (χ4n) is 2.35. The van der Waals surface area contributed by atoms with E-state index in [0.717, 1.165) is 17.0 Å². The van der Waals surface area contributed by atoms with Crippen LogP contribution in [0.15, 0.2) is 48.7 Å². The first kappa shape index (κ1) is 18.1. The summed E-state index contributed by atoms with van der Waals surface area (Å²) in [6.07, 6.45) is 1.86. The van der Waals surface area contributed by atoms with E-state index in [2.05, 4.69) is 15.7 Å². The lowest BCUT2D eigenvalue weighted by molar-refractivity contribution is 0.0602. The van der Waals surface area contributed by atoms with Gasteiger partial charge in [0.25, 0.3) is 0 Å². The molecule has 0 saturated carbocycles. The van der Waals surface area contributed by atoms with Crippen molar-refractivity contribution in [3.63, 3.8) is 0 Å². The summed E-state index contributed by atoms with van der Waals surface area (Å²) >= 11 is 6.79. The molecule has 2 aromatic heterocycles. The van der Waals surface area contributed by atoms with E-state index < -0.39 is 5.97 Å². The molecule has 0 bridgehead atoms. The number of aryl methyl sites for hydroxylation is 1. The molecule has 8 heteroatoms. The molecule has 0 radical (unpaired) electrons. The molecule has 134 valence electrons. The number of hydrogen-bond donors (Lipinski definition) is 2. The van der Waals surface area contributed by atoms with Crippen LogP contribution in [0.2, 0.25) is 0 Å². The van der Waals surface area contributed by atoms with E-state index in [1.165, 1.54) is 18.4 Å². The van der Waals surface area contributed by atoms with Crippen molar-refractivity contribution in [3.05, 3.63) is 54.2 Å². The van der Waals surface area contributed by atoms with Crippen LogP contribution in [-0.4, -0.2) is 28.0 Å². The van der Waals surface area contributed by atoms with Gasteiger partial charge >= 0.3 is 5.97 Å². The minimum absolute atomic E-state index is 0.359. The Bertz CT molecular complexity index is 918. The first-order valence-corrected chi connectivity index (χ1v) is 9.22. The van der Waals surface area contributed by atoms with Crippen LogP contribution in [0, 0.1) is 0 Å². The number of carbonyl (C=O) groups is 1. The van der Waals surface area contributed by atoms with Crippen LogP contribution in [0.5, 0.6) is 0 Å². The highest BCUT2D eigenvalue weighted by molar-refractivity contribution is 7.80. The molecule has 1 aromatic carbocycles. The maximum Gasteiger partial charge on any atom is 0.340 e. The Morgan fingerprint density at radius 1 is 1.27 bits per heavy atom. The summed E-state index contributed by atoms with van der Waals surface area (Å²) in [5, 5.41) is 11.4. The zero-order chi connectivity index (χ0) is 18.5. The largest absolute Gasteiger partial charge is 0.465 e. The number of thiophene rings is 1. The Balaban J connectivity index is 1.82. The Labute approximate surface area is 160 Å². The molecule has 2 heterocycles. The number of hydrogen-bond acceptors (Lipinski definition) is 5. The lowest BCUT2D eigenvalue weighted by Crippen LogP contribution is -2.20. The number of nitrogens with zero attached hydrogens (tertiary/aromatic N) is 2. The minimum atomic E-state index is -0.413. The van der Waals surface area contributed by atoms with Crippen LogP contribution in [0.4, 0.5) is 10.8 Å². The van der Waals surface area contributed by atoms with E-state index in [1.807, 2.05) is 55.6 Å². The molecule has 2 N–H and O–H groups in total. The Morgan fingerprint density at radius 2 is 2.04 bits per heavy atom. The number of carbonyl (C=O) groups excluding carboxylic acids is 1. The van der Waals surface area contributed by atoms with E-state index in [0.29, 0.717) is 21.5 Å². The Morgan fingerprint density at radius 3 is 2.69 bits per heavy atom. The van der Waals surface area contributed by atoms with E-state index in [4.69, 9.17) is 17.0 Å². The molecule has 3 aromatic rings. The summed E-state index contributed by atoms with van der Waals surface area (Å²) in [5.74, 6) is 0.229. The smallest absolute Gasteiger partial charge is 0.340 e. The fraction of sp³-hybridized carbons (Fsp3) is 0.167. The minimum Gasteiger partial charge on any atom is -0.465 e. The molecule has 0 saturated heterocycles. The standard InChI is InChI=1S/C18H18N4O2S2/c1-3-22-10-9-15(21-22)19-18(25)20-16-13(17(23)24-2)11-14(26-16)12-7-5-4-6-8-12/h4-11H,3H2,1-2H3,(H2,19,20,21,25). The number of thiocarbonyl (C=S) groups is 1. The Hall–Kier alpha value is -2.71. The van der Waals surface area contributed by atoms with Crippen molar-refractivity contribution in [1.29, 1.82) is 0 Å². The summed E-state index contributed by atoms with van der Waals surface area (Å²) in [7, 11) is 1.36. The number of ether oxygens (including phenoxy) is 1. The first-order chi connectivity index (χ1) is 12.6. The number of aromatic nitrogens is 2. The number of methoxy groups -OCH3 is 1. The van der Waals surface area contributed by atoms with Gasteiger partial charge in [-0.1, -0.05) is 30.3 Å². The quantitative estimate of drug-likeness (QED) is 0.505. The first-order valence-electron chi connectivity index (χ1n) is 7.99. The van der Waals surface area contributed by atoms with E-state index >= 15 is 0 Å². The van der Waals surface area contributed by atoms with Crippen LogP contribution < -0.4 is 10.6 Å². The molecule has 3 rings (SSSR count). The van der Waals surface area contributed by atoms with Gasteiger partial charge in [-0.2, -0.15) is 5.10 Å². The molecule has 0 fully saturated rings. The van der Waals surface area contributed by atoms with Crippen molar-refractivity contribution >= 4 is 45.5 Å². The lowest BCUT2D eigenvalue weighted by Gasteiger charge is -2.08. The number of benzene rings is 1. The van der Waals surface area contributed by atoms with Crippen LogP contribution in [-0.2, 0) is 11.3 Å². The Kier molecular flexibility index (Phi) is 5.65. The maximum absolute atomic E-state index is 12.1. The molecule has 0 unspecified atom stereocenters. The monoisotopic (exact) mass is 386 g/mol. The highest BCUT2D eigenvalue weighted by Gasteiger charge is 2.18. The molecule has 6 nitrogen and oxygen atoms in total. The van der Waals surface area contributed by atoms with E-state index in [1.54, 1.807) is 4.68 Å². The average Bonchev–Trinajstić information content (AvgIpc) is 3.28. The molecule has 0 aliphatic rings. The number of anilines is 2. The predicted octanol–water partition coefficient (Wildman–Crippen LogP) is 4.23. The van der Waals surface area contributed by atoms with Crippen LogP contribution in [0.25, 0.3) is 10.4 Å². The summed E-state index contributed by atoms with van der Waals surface area (Å²) < 4.78 is 6.69. The van der Waals surface area contributed by atoms with Crippen molar-refractivity contribution in [2.24, 2.45) is 0 Å².